The third-order valence-corrected chi connectivity index (χ3v) is 8.78. The zero-order chi connectivity index (χ0) is 27.6. The minimum Gasteiger partial charge on any atom is -0.384 e. The Morgan fingerprint density at radius 2 is 1.77 bits per heavy atom. The van der Waals surface area contributed by atoms with E-state index >= 15 is 0 Å². The first-order valence-electron chi connectivity index (χ1n) is 14.4. The smallest absolute Gasteiger partial charge is 0.264 e. The number of fused-ring (bicyclic) bond motifs is 1. The lowest BCUT2D eigenvalue weighted by atomic mass is 9.61. The Morgan fingerprint density at radius 3 is 2.49 bits per heavy atom. The summed E-state index contributed by atoms with van der Waals surface area (Å²) in [5.41, 5.74) is 0.938. The number of aromatic nitrogens is 2. The molecule has 2 amide bonds. The van der Waals surface area contributed by atoms with E-state index < -0.39 is 17.9 Å². The number of imide groups is 1. The van der Waals surface area contributed by atoms with Gasteiger partial charge in [-0.2, -0.15) is 0 Å². The van der Waals surface area contributed by atoms with Crippen LogP contribution in [0.2, 0.25) is 0 Å². The van der Waals surface area contributed by atoms with Crippen LogP contribution in [0.3, 0.4) is 0 Å². The minimum atomic E-state index is -2.42. The van der Waals surface area contributed by atoms with Gasteiger partial charge in [-0.05, 0) is 76.2 Å². The summed E-state index contributed by atoms with van der Waals surface area (Å²) < 4.78 is 28.0. The molecule has 2 aliphatic heterocycles. The molecule has 2 aromatic rings. The van der Waals surface area contributed by atoms with Crippen molar-refractivity contribution in [2.75, 3.05) is 31.5 Å². The Kier molecular flexibility index (Phi) is 8.03. The molecule has 0 bridgehead atoms. The van der Waals surface area contributed by atoms with Gasteiger partial charge in [0.15, 0.2) is 0 Å². The lowest BCUT2D eigenvalue weighted by molar-refractivity contribution is -0.177. The second-order valence-corrected chi connectivity index (χ2v) is 11.7. The molecule has 3 heterocycles. The Bertz CT molecular complexity index is 1280. The highest BCUT2D eigenvalue weighted by Crippen LogP contribution is 2.57. The second kappa shape index (κ2) is 11.3. The fourth-order valence-electron chi connectivity index (χ4n) is 6.66. The molecule has 3 fully saturated rings. The number of carbonyl (C=O) groups excluding carboxylic acids is 2. The molecule has 2 saturated heterocycles. The Balaban J connectivity index is 1.06. The van der Waals surface area contributed by atoms with Crippen molar-refractivity contribution >= 4 is 28.4 Å². The number of aryl methyl sites for hydroxylation is 1. The number of carbonyl (C=O) groups is 2. The molecule has 1 atom stereocenters. The molecule has 8 nitrogen and oxygen atoms in total. The van der Waals surface area contributed by atoms with Crippen LogP contribution in [-0.2, 0) is 9.59 Å². The van der Waals surface area contributed by atoms with Gasteiger partial charge in [0.25, 0.3) is 5.56 Å². The number of anilines is 1. The van der Waals surface area contributed by atoms with Crippen molar-refractivity contribution in [1.29, 1.82) is 0 Å². The molecule has 1 spiro atoms. The SMILES string of the molecule is Cc1nc2cccc(NCCCCCCCN3CCC4(CC3)CC(F)(F)C4)c2c(=O)n1C1CCC(=O)NC1=O. The summed E-state index contributed by atoms with van der Waals surface area (Å²) in [6, 6.07) is 4.79. The molecule has 1 saturated carbocycles. The van der Waals surface area contributed by atoms with E-state index in [9.17, 15) is 23.2 Å². The molecule has 39 heavy (non-hydrogen) atoms. The number of piperidine rings is 2. The maximum Gasteiger partial charge on any atom is 0.264 e. The van der Waals surface area contributed by atoms with Crippen molar-refractivity contribution in [3.63, 3.8) is 0 Å². The highest BCUT2D eigenvalue weighted by molar-refractivity contribution is 5.99. The lowest BCUT2D eigenvalue weighted by Crippen LogP contribution is -2.52. The molecule has 10 heteroatoms. The van der Waals surface area contributed by atoms with Gasteiger partial charge in [0.2, 0.25) is 17.7 Å². The number of rotatable bonds is 10. The van der Waals surface area contributed by atoms with Gasteiger partial charge in [0.1, 0.15) is 11.9 Å². The van der Waals surface area contributed by atoms with Crippen molar-refractivity contribution in [3.8, 4) is 0 Å². The maximum absolute atomic E-state index is 13.5. The standard InChI is InChI=1S/C29H39F2N5O3/c1-20-33-22-9-7-8-21(25(22)27(39)36(20)23-10-11-24(37)34-26(23)38)32-14-5-3-2-4-6-15-35-16-12-28(13-17-35)18-29(30,31)19-28/h7-9,23,32H,2-6,10-19H2,1H3,(H,34,37,38). The van der Waals surface area contributed by atoms with E-state index in [1.54, 1.807) is 13.0 Å². The van der Waals surface area contributed by atoms with Crippen LogP contribution in [0, 0.1) is 12.3 Å². The largest absolute Gasteiger partial charge is 0.384 e. The van der Waals surface area contributed by atoms with E-state index in [4.69, 9.17) is 0 Å². The molecule has 1 aromatic heterocycles. The molecule has 2 N–H and O–H groups in total. The van der Waals surface area contributed by atoms with E-state index in [0.717, 1.165) is 71.1 Å². The molecular weight excluding hydrogens is 504 g/mol. The molecule has 1 aliphatic carbocycles. The number of hydrogen-bond acceptors (Lipinski definition) is 6. The number of alkyl halides is 2. The number of benzene rings is 1. The second-order valence-electron chi connectivity index (χ2n) is 11.7. The summed E-state index contributed by atoms with van der Waals surface area (Å²) in [6.07, 6.45) is 7.94. The van der Waals surface area contributed by atoms with E-state index in [-0.39, 0.29) is 42.6 Å². The van der Waals surface area contributed by atoms with E-state index in [1.807, 2.05) is 12.1 Å². The van der Waals surface area contributed by atoms with Crippen LogP contribution in [0.5, 0.6) is 0 Å². The predicted molar refractivity (Wildman–Crippen MR) is 146 cm³/mol. The van der Waals surface area contributed by atoms with Crippen LogP contribution in [0.25, 0.3) is 10.9 Å². The van der Waals surface area contributed by atoms with Crippen molar-refractivity contribution in [2.45, 2.75) is 89.5 Å². The summed E-state index contributed by atoms with van der Waals surface area (Å²) in [4.78, 5) is 44.5. The van der Waals surface area contributed by atoms with Gasteiger partial charge < -0.3 is 10.2 Å². The molecule has 1 aromatic carbocycles. The van der Waals surface area contributed by atoms with Gasteiger partial charge in [-0.15, -0.1) is 0 Å². The van der Waals surface area contributed by atoms with E-state index in [2.05, 4.69) is 20.5 Å². The van der Waals surface area contributed by atoms with Crippen molar-refractivity contribution < 1.29 is 18.4 Å². The van der Waals surface area contributed by atoms with Gasteiger partial charge in [0, 0.05) is 31.5 Å². The van der Waals surface area contributed by atoms with Crippen molar-refractivity contribution in [2.24, 2.45) is 5.41 Å². The minimum absolute atomic E-state index is 0.0793. The maximum atomic E-state index is 13.5. The van der Waals surface area contributed by atoms with E-state index in [1.165, 1.54) is 4.57 Å². The number of nitrogens with one attached hydrogen (secondary N) is 2. The third-order valence-electron chi connectivity index (χ3n) is 8.78. The summed E-state index contributed by atoms with van der Waals surface area (Å²) in [5.74, 6) is -2.75. The summed E-state index contributed by atoms with van der Waals surface area (Å²) in [7, 11) is 0. The van der Waals surface area contributed by atoms with Gasteiger partial charge in [-0.3, -0.25) is 24.3 Å². The van der Waals surface area contributed by atoms with Crippen molar-refractivity contribution in [3.05, 3.63) is 34.4 Å². The number of unbranched alkanes of at least 4 members (excludes halogenated alkanes) is 4. The number of halogens is 2. The first-order valence-corrected chi connectivity index (χ1v) is 14.4. The normalized spacial score (nSPS) is 22.6. The Labute approximate surface area is 227 Å². The van der Waals surface area contributed by atoms with Gasteiger partial charge in [-0.1, -0.05) is 25.3 Å². The Morgan fingerprint density at radius 1 is 1.05 bits per heavy atom. The average molecular weight is 544 g/mol. The molecule has 0 radical (unpaired) electrons. The first kappa shape index (κ1) is 27.7. The fraction of sp³-hybridized carbons (Fsp3) is 0.655. The quantitative estimate of drug-likeness (QED) is 0.337. The van der Waals surface area contributed by atoms with Crippen LogP contribution in [0.4, 0.5) is 14.5 Å². The summed E-state index contributed by atoms with van der Waals surface area (Å²) in [6.45, 7) is 5.38. The molecule has 212 valence electrons. The van der Waals surface area contributed by atoms with Crippen LogP contribution in [0.1, 0.15) is 82.5 Å². The third kappa shape index (κ3) is 6.15. The molecule has 1 unspecified atom stereocenters. The highest BCUT2D eigenvalue weighted by atomic mass is 19.3. The molecular formula is C29H39F2N5O3. The predicted octanol–water partition coefficient (Wildman–Crippen LogP) is 4.56. The average Bonchev–Trinajstić information content (AvgIpc) is 2.86. The monoisotopic (exact) mass is 543 g/mol. The van der Waals surface area contributed by atoms with Crippen LogP contribution in [-0.4, -0.2) is 58.4 Å². The molecule has 5 rings (SSSR count). The molecule has 3 aliphatic rings. The number of hydrogen-bond donors (Lipinski definition) is 2. The summed E-state index contributed by atoms with van der Waals surface area (Å²) in [5, 5.41) is 6.18. The van der Waals surface area contributed by atoms with Crippen LogP contribution in [0.15, 0.2) is 23.0 Å². The van der Waals surface area contributed by atoms with Gasteiger partial charge in [0.05, 0.1) is 10.9 Å². The summed E-state index contributed by atoms with van der Waals surface area (Å²) >= 11 is 0. The number of amides is 2. The van der Waals surface area contributed by atoms with Gasteiger partial charge >= 0.3 is 0 Å². The fourth-order valence-corrected chi connectivity index (χ4v) is 6.66. The van der Waals surface area contributed by atoms with Crippen molar-refractivity contribution in [1.82, 2.24) is 19.8 Å². The zero-order valence-corrected chi connectivity index (χ0v) is 22.7. The van der Waals surface area contributed by atoms with E-state index in [0.29, 0.717) is 22.4 Å². The zero-order valence-electron chi connectivity index (χ0n) is 22.7. The first-order chi connectivity index (χ1) is 18.7. The Hall–Kier alpha value is -2.88. The topological polar surface area (TPSA) is 96.3 Å². The van der Waals surface area contributed by atoms with Crippen LogP contribution >= 0.6 is 0 Å². The lowest BCUT2D eigenvalue weighted by Gasteiger charge is -2.51. The number of likely N-dealkylation sites (tertiary alicyclic amines) is 1. The van der Waals surface area contributed by atoms with Crippen LogP contribution < -0.4 is 16.2 Å². The highest BCUT2D eigenvalue weighted by Gasteiger charge is 2.56. The number of nitrogens with zero attached hydrogens (tertiary/aromatic N) is 3. The van der Waals surface area contributed by atoms with Gasteiger partial charge in [-0.25, -0.2) is 13.8 Å².